The number of alkyl halides is 1. The number of hydrogen-bond donors (Lipinski definition) is 0. The van der Waals surface area contributed by atoms with Gasteiger partial charge in [0, 0.05) is 5.33 Å². The third kappa shape index (κ3) is 3.84. The van der Waals surface area contributed by atoms with Crippen molar-refractivity contribution >= 4 is 15.9 Å². The predicted octanol–water partition coefficient (Wildman–Crippen LogP) is 4.66. The molecule has 0 aliphatic carbocycles. The lowest BCUT2D eigenvalue weighted by atomic mass is 10.0. The molecule has 0 bridgehead atoms. The highest BCUT2D eigenvalue weighted by molar-refractivity contribution is 9.09. The van der Waals surface area contributed by atoms with E-state index in [2.05, 4.69) is 41.1 Å². The van der Waals surface area contributed by atoms with E-state index in [-0.39, 0.29) is 6.10 Å². The molecule has 1 unspecified atom stereocenters. The summed E-state index contributed by atoms with van der Waals surface area (Å²) in [4.78, 5) is 0. The van der Waals surface area contributed by atoms with Crippen LogP contribution < -0.4 is 4.74 Å². The smallest absolute Gasteiger partial charge is 0.118 e. The van der Waals surface area contributed by atoms with Gasteiger partial charge in [0.05, 0.1) is 19.8 Å². The molecular formula is C17H19BrO2. The van der Waals surface area contributed by atoms with Crippen molar-refractivity contribution in [2.24, 2.45) is 0 Å². The van der Waals surface area contributed by atoms with Crippen LogP contribution in [0.5, 0.6) is 5.75 Å². The molecule has 0 aliphatic heterocycles. The molecule has 2 aromatic carbocycles. The SMILES string of the molecule is COc1ccc(COC(CBr)c2ccccc2C)cc1. The monoisotopic (exact) mass is 334 g/mol. The Bertz CT molecular complexity index is 537. The van der Waals surface area contributed by atoms with E-state index in [0.29, 0.717) is 6.61 Å². The van der Waals surface area contributed by atoms with Crippen molar-refractivity contribution in [3.05, 3.63) is 65.2 Å². The Hall–Kier alpha value is -1.32. The highest BCUT2D eigenvalue weighted by Gasteiger charge is 2.12. The van der Waals surface area contributed by atoms with Gasteiger partial charge in [-0.2, -0.15) is 0 Å². The zero-order chi connectivity index (χ0) is 14.4. The minimum absolute atomic E-state index is 0.0679. The third-order valence-electron chi connectivity index (χ3n) is 3.29. The van der Waals surface area contributed by atoms with E-state index < -0.39 is 0 Å². The number of rotatable bonds is 6. The van der Waals surface area contributed by atoms with Gasteiger partial charge in [-0.15, -0.1) is 0 Å². The Balaban J connectivity index is 2.02. The maximum atomic E-state index is 6.03. The number of ether oxygens (including phenoxy) is 2. The second-order valence-electron chi connectivity index (χ2n) is 4.66. The standard InChI is InChI=1S/C17H19BrO2/c1-13-5-3-4-6-16(13)17(11-18)20-12-14-7-9-15(19-2)10-8-14/h3-10,17H,11-12H2,1-2H3. The number of benzene rings is 2. The van der Waals surface area contributed by atoms with Crippen molar-refractivity contribution in [1.29, 1.82) is 0 Å². The molecule has 0 radical (unpaired) electrons. The molecule has 0 aliphatic rings. The fourth-order valence-electron chi connectivity index (χ4n) is 2.08. The molecule has 2 aromatic rings. The van der Waals surface area contributed by atoms with E-state index in [0.717, 1.165) is 16.6 Å². The fourth-order valence-corrected chi connectivity index (χ4v) is 2.62. The van der Waals surface area contributed by atoms with Gasteiger partial charge in [-0.25, -0.2) is 0 Å². The van der Waals surface area contributed by atoms with Crippen LogP contribution in [0.25, 0.3) is 0 Å². The molecule has 0 saturated carbocycles. The summed E-state index contributed by atoms with van der Waals surface area (Å²) in [5, 5.41) is 0.786. The van der Waals surface area contributed by atoms with E-state index in [9.17, 15) is 0 Å². The molecule has 0 heterocycles. The second-order valence-corrected chi connectivity index (χ2v) is 5.31. The Kier molecular flexibility index (Phi) is 5.62. The lowest BCUT2D eigenvalue weighted by Gasteiger charge is -2.18. The van der Waals surface area contributed by atoms with Crippen molar-refractivity contribution in [3.63, 3.8) is 0 Å². The largest absolute Gasteiger partial charge is 0.497 e. The van der Waals surface area contributed by atoms with Gasteiger partial charge < -0.3 is 9.47 Å². The highest BCUT2D eigenvalue weighted by Crippen LogP contribution is 2.24. The lowest BCUT2D eigenvalue weighted by molar-refractivity contribution is 0.0562. The Morgan fingerprint density at radius 3 is 2.35 bits per heavy atom. The summed E-state index contributed by atoms with van der Waals surface area (Å²) >= 11 is 3.54. The molecule has 0 aromatic heterocycles. The van der Waals surface area contributed by atoms with Gasteiger partial charge in [-0.1, -0.05) is 52.3 Å². The van der Waals surface area contributed by atoms with Gasteiger partial charge in [0.15, 0.2) is 0 Å². The molecule has 0 spiro atoms. The lowest BCUT2D eigenvalue weighted by Crippen LogP contribution is -2.07. The molecule has 3 heteroatoms. The van der Waals surface area contributed by atoms with Crippen molar-refractivity contribution in [2.75, 3.05) is 12.4 Å². The maximum Gasteiger partial charge on any atom is 0.118 e. The van der Waals surface area contributed by atoms with E-state index in [1.165, 1.54) is 11.1 Å². The first-order valence-corrected chi connectivity index (χ1v) is 7.72. The highest BCUT2D eigenvalue weighted by atomic mass is 79.9. The molecule has 20 heavy (non-hydrogen) atoms. The van der Waals surface area contributed by atoms with Gasteiger partial charge in [-0.05, 0) is 35.7 Å². The van der Waals surface area contributed by atoms with E-state index in [4.69, 9.17) is 9.47 Å². The van der Waals surface area contributed by atoms with E-state index in [1.54, 1.807) is 7.11 Å². The van der Waals surface area contributed by atoms with Crippen LogP contribution in [0.4, 0.5) is 0 Å². The van der Waals surface area contributed by atoms with Gasteiger partial charge in [0.2, 0.25) is 0 Å². The van der Waals surface area contributed by atoms with Crippen LogP contribution in [-0.4, -0.2) is 12.4 Å². The van der Waals surface area contributed by atoms with Crippen LogP contribution in [0.2, 0.25) is 0 Å². The number of aryl methyl sites for hydroxylation is 1. The molecule has 2 rings (SSSR count). The number of methoxy groups -OCH3 is 1. The van der Waals surface area contributed by atoms with Crippen LogP contribution in [0, 0.1) is 6.92 Å². The zero-order valence-corrected chi connectivity index (χ0v) is 13.4. The molecule has 1 atom stereocenters. The van der Waals surface area contributed by atoms with E-state index >= 15 is 0 Å². The average Bonchev–Trinajstić information content (AvgIpc) is 2.50. The van der Waals surface area contributed by atoms with Crippen LogP contribution in [-0.2, 0) is 11.3 Å². The number of hydrogen-bond acceptors (Lipinski definition) is 2. The van der Waals surface area contributed by atoms with Crippen molar-refractivity contribution in [1.82, 2.24) is 0 Å². The third-order valence-corrected chi connectivity index (χ3v) is 3.87. The van der Waals surface area contributed by atoms with Crippen molar-refractivity contribution in [2.45, 2.75) is 19.6 Å². The summed E-state index contributed by atoms with van der Waals surface area (Å²) in [6.45, 7) is 2.70. The topological polar surface area (TPSA) is 18.5 Å². The molecule has 106 valence electrons. The summed E-state index contributed by atoms with van der Waals surface area (Å²) in [6, 6.07) is 16.3. The maximum absolute atomic E-state index is 6.03. The van der Waals surface area contributed by atoms with E-state index in [1.807, 2.05) is 30.3 Å². The van der Waals surface area contributed by atoms with Gasteiger partial charge in [0.25, 0.3) is 0 Å². The first-order valence-electron chi connectivity index (χ1n) is 6.60. The summed E-state index contributed by atoms with van der Waals surface area (Å²) in [5.41, 5.74) is 3.63. The second kappa shape index (κ2) is 7.46. The average molecular weight is 335 g/mol. The quantitative estimate of drug-likeness (QED) is 0.715. The zero-order valence-electron chi connectivity index (χ0n) is 11.8. The molecule has 0 N–H and O–H groups in total. The first kappa shape index (κ1) is 15.1. The summed E-state index contributed by atoms with van der Waals surface area (Å²) < 4.78 is 11.2. The first-order chi connectivity index (χ1) is 9.74. The van der Waals surface area contributed by atoms with Crippen LogP contribution in [0.15, 0.2) is 48.5 Å². The fraction of sp³-hybridized carbons (Fsp3) is 0.294. The normalized spacial score (nSPS) is 12.2. The summed E-state index contributed by atoms with van der Waals surface area (Å²) in [5.74, 6) is 0.865. The van der Waals surface area contributed by atoms with Gasteiger partial charge in [0.1, 0.15) is 5.75 Å². The predicted molar refractivity (Wildman–Crippen MR) is 85.5 cm³/mol. The molecule has 0 amide bonds. The van der Waals surface area contributed by atoms with Crippen molar-refractivity contribution in [3.8, 4) is 5.75 Å². The van der Waals surface area contributed by atoms with Crippen molar-refractivity contribution < 1.29 is 9.47 Å². The summed E-state index contributed by atoms with van der Waals surface area (Å²) in [7, 11) is 1.67. The van der Waals surface area contributed by atoms with Crippen LogP contribution in [0.1, 0.15) is 22.8 Å². The molecular weight excluding hydrogens is 316 g/mol. The minimum atomic E-state index is 0.0679. The van der Waals surface area contributed by atoms with Crippen LogP contribution >= 0.6 is 15.9 Å². The minimum Gasteiger partial charge on any atom is -0.497 e. The molecule has 0 saturated heterocycles. The Morgan fingerprint density at radius 2 is 1.75 bits per heavy atom. The van der Waals surface area contributed by atoms with Gasteiger partial charge >= 0.3 is 0 Å². The Morgan fingerprint density at radius 1 is 1.05 bits per heavy atom. The Labute approximate surface area is 128 Å². The molecule has 0 fully saturated rings. The number of halogens is 1. The van der Waals surface area contributed by atoms with Gasteiger partial charge in [-0.3, -0.25) is 0 Å². The summed E-state index contributed by atoms with van der Waals surface area (Å²) in [6.07, 6.45) is 0.0679. The van der Waals surface area contributed by atoms with Crippen LogP contribution in [0.3, 0.4) is 0 Å². The molecule has 2 nitrogen and oxygen atoms in total.